The number of anilines is 1. The van der Waals surface area contributed by atoms with Crippen LogP contribution in [0, 0.1) is 10.1 Å². The summed E-state index contributed by atoms with van der Waals surface area (Å²) in [7, 11) is 1.70. The molecule has 2 aromatic carbocycles. The quantitative estimate of drug-likeness (QED) is 0.537. The number of non-ortho nitro benzene ring substituents is 1. The highest BCUT2D eigenvalue weighted by molar-refractivity contribution is 5.94. The van der Waals surface area contributed by atoms with Crippen molar-refractivity contribution in [1.29, 1.82) is 0 Å². The van der Waals surface area contributed by atoms with E-state index in [1.807, 2.05) is 19.1 Å². The molecule has 7 heteroatoms. The van der Waals surface area contributed by atoms with Gasteiger partial charge in [0.25, 0.3) is 5.69 Å². The highest BCUT2D eigenvalue weighted by Crippen LogP contribution is 2.32. The van der Waals surface area contributed by atoms with Gasteiger partial charge in [0.05, 0.1) is 18.1 Å². The number of amides is 1. The number of carbonyl (C=O) groups is 1. The van der Waals surface area contributed by atoms with Crippen molar-refractivity contribution in [2.45, 2.75) is 25.8 Å². The van der Waals surface area contributed by atoms with Crippen LogP contribution in [0.1, 0.15) is 31.4 Å². The molecule has 1 atom stereocenters. The van der Waals surface area contributed by atoms with Crippen molar-refractivity contribution in [2.75, 3.05) is 31.6 Å². The van der Waals surface area contributed by atoms with E-state index < -0.39 is 4.92 Å². The topological polar surface area (TPSA) is 75.9 Å². The monoisotopic (exact) mass is 383 g/mol. The average molecular weight is 383 g/mol. The minimum atomic E-state index is -0.447. The van der Waals surface area contributed by atoms with Crippen molar-refractivity contribution in [3.63, 3.8) is 0 Å². The van der Waals surface area contributed by atoms with Crippen molar-refractivity contribution in [2.24, 2.45) is 0 Å². The first-order valence-electron chi connectivity index (χ1n) is 9.47. The lowest BCUT2D eigenvalue weighted by Crippen LogP contribution is -2.38. The lowest BCUT2D eigenvalue weighted by molar-refractivity contribution is -0.384. The van der Waals surface area contributed by atoms with Crippen LogP contribution in [0.4, 0.5) is 11.4 Å². The maximum Gasteiger partial charge on any atom is 0.269 e. The maximum absolute atomic E-state index is 12.8. The number of likely N-dealkylation sites (N-methyl/N-ethyl adjacent to an activating group) is 1. The second-order valence-electron chi connectivity index (χ2n) is 6.86. The molecule has 28 heavy (non-hydrogen) atoms. The lowest BCUT2D eigenvalue weighted by atomic mass is 10.0. The van der Waals surface area contributed by atoms with Crippen molar-refractivity contribution in [3.8, 4) is 5.75 Å². The van der Waals surface area contributed by atoms with Crippen LogP contribution in [0.3, 0.4) is 0 Å². The third-order valence-corrected chi connectivity index (χ3v) is 5.10. The molecule has 1 aliphatic heterocycles. The van der Waals surface area contributed by atoms with Crippen LogP contribution in [0.5, 0.6) is 5.75 Å². The molecular formula is C21H25N3O4. The molecule has 1 unspecified atom stereocenters. The third kappa shape index (κ3) is 4.48. The van der Waals surface area contributed by atoms with Gasteiger partial charge in [-0.3, -0.25) is 19.8 Å². The average Bonchev–Trinajstić information content (AvgIpc) is 3.16. The van der Waals surface area contributed by atoms with Gasteiger partial charge in [0.15, 0.2) is 0 Å². The smallest absolute Gasteiger partial charge is 0.269 e. The SMILES string of the molecule is CCOc1ccc(C2CCCN2CC(=O)N(C)c2ccc([N+](=O)[O-])cc2)cc1. The molecule has 0 aromatic heterocycles. The van der Waals surface area contributed by atoms with Gasteiger partial charge < -0.3 is 9.64 Å². The van der Waals surface area contributed by atoms with Gasteiger partial charge in [-0.1, -0.05) is 12.1 Å². The Balaban J connectivity index is 1.65. The van der Waals surface area contributed by atoms with Crippen molar-refractivity contribution < 1.29 is 14.5 Å². The number of likely N-dealkylation sites (tertiary alicyclic amines) is 1. The number of nitro groups is 1. The van der Waals surface area contributed by atoms with Crippen LogP contribution in [0.2, 0.25) is 0 Å². The molecule has 0 saturated carbocycles. The van der Waals surface area contributed by atoms with Crippen LogP contribution in [0.25, 0.3) is 0 Å². The molecule has 148 valence electrons. The van der Waals surface area contributed by atoms with E-state index in [1.54, 1.807) is 24.1 Å². The number of carbonyl (C=O) groups excluding carboxylic acids is 1. The Kier molecular flexibility index (Phi) is 6.26. The molecule has 0 radical (unpaired) electrons. The first-order valence-corrected chi connectivity index (χ1v) is 9.47. The van der Waals surface area contributed by atoms with E-state index in [9.17, 15) is 14.9 Å². The largest absolute Gasteiger partial charge is 0.494 e. The van der Waals surface area contributed by atoms with Crippen LogP contribution >= 0.6 is 0 Å². The van der Waals surface area contributed by atoms with Crippen LogP contribution in [0.15, 0.2) is 48.5 Å². The van der Waals surface area contributed by atoms with E-state index in [-0.39, 0.29) is 17.6 Å². The zero-order chi connectivity index (χ0) is 20.1. The Bertz CT molecular complexity index is 821. The molecule has 0 bridgehead atoms. The van der Waals surface area contributed by atoms with E-state index >= 15 is 0 Å². The van der Waals surface area contributed by atoms with E-state index in [4.69, 9.17) is 4.74 Å². The van der Waals surface area contributed by atoms with Gasteiger partial charge in [0.2, 0.25) is 5.91 Å². The third-order valence-electron chi connectivity index (χ3n) is 5.10. The lowest BCUT2D eigenvalue weighted by Gasteiger charge is -2.27. The molecule has 1 fully saturated rings. The van der Waals surface area contributed by atoms with Gasteiger partial charge in [-0.05, 0) is 56.1 Å². The van der Waals surface area contributed by atoms with Crippen molar-refractivity contribution in [3.05, 3.63) is 64.2 Å². The second-order valence-corrected chi connectivity index (χ2v) is 6.86. The Morgan fingerprint density at radius 3 is 2.50 bits per heavy atom. The first kappa shape index (κ1) is 19.8. The van der Waals surface area contributed by atoms with E-state index in [0.717, 1.165) is 25.1 Å². The first-order chi connectivity index (χ1) is 13.5. The molecule has 7 nitrogen and oxygen atoms in total. The van der Waals surface area contributed by atoms with Gasteiger partial charge in [0.1, 0.15) is 5.75 Å². The molecule has 0 spiro atoms. The zero-order valence-corrected chi connectivity index (χ0v) is 16.2. The molecule has 1 saturated heterocycles. The van der Waals surface area contributed by atoms with Crippen molar-refractivity contribution >= 4 is 17.3 Å². The van der Waals surface area contributed by atoms with Gasteiger partial charge in [-0.2, -0.15) is 0 Å². The number of rotatable bonds is 7. The molecule has 2 aromatic rings. The molecule has 0 aliphatic carbocycles. The fourth-order valence-electron chi connectivity index (χ4n) is 3.57. The molecule has 1 aliphatic rings. The highest BCUT2D eigenvalue weighted by atomic mass is 16.6. The fraction of sp³-hybridized carbons (Fsp3) is 0.381. The predicted octanol–water partition coefficient (Wildman–Crippen LogP) is 3.79. The van der Waals surface area contributed by atoms with Gasteiger partial charge in [-0.25, -0.2) is 0 Å². The van der Waals surface area contributed by atoms with Gasteiger partial charge in [0, 0.05) is 30.9 Å². The maximum atomic E-state index is 12.8. The Hall–Kier alpha value is -2.93. The van der Waals surface area contributed by atoms with Crippen LogP contribution < -0.4 is 9.64 Å². The summed E-state index contributed by atoms with van der Waals surface area (Å²) in [5.41, 5.74) is 1.85. The summed E-state index contributed by atoms with van der Waals surface area (Å²) in [5, 5.41) is 10.8. The molecule has 0 N–H and O–H groups in total. The molecule has 1 heterocycles. The highest BCUT2D eigenvalue weighted by Gasteiger charge is 2.28. The van der Waals surface area contributed by atoms with E-state index in [1.165, 1.54) is 17.7 Å². The fourth-order valence-corrected chi connectivity index (χ4v) is 3.57. The van der Waals surface area contributed by atoms with E-state index in [0.29, 0.717) is 18.8 Å². The van der Waals surface area contributed by atoms with E-state index in [2.05, 4.69) is 17.0 Å². The number of nitrogens with zero attached hydrogens (tertiary/aromatic N) is 3. The van der Waals surface area contributed by atoms with Gasteiger partial charge in [-0.15, -0.1) is 0 Å². The summed E-state index contributed by atoms with van der Waals surface area (Å²) in [4.78, 5) is 26.8. The summed E-state index contributed by atoms with van der Waals surface area (Å²) < 4.78 is 5.50. The van der Waals surface area contributed by atoms with Crippen LogP contribution in [-0.4, -0.2) is 42.5 Å². The summed E-state index contributed by atoms with van der Waals surface area (Å²) in [6.07, 6.45) is 2.06. The Morgan fingerprint density at radius 2 is 1.89 bits per heavy atom. The summed E-state index contributed by atoms with van der Waals surface area (Å²) >= 11 is 0. The Labute approximate surface area is 164 Å². The minimum Gasteiger partial charge on any atom is -0.494 e. The normalized spacial score (nSPS) is 16.7. The number of benzene rings is 2. The standard InChI is InChI=1S/C21H25N3O4/c1-3-28-19-12-6-16(7-13-19)20-5-4-14-23(20)15-21(25)22(2)17-8-10-18(11-9-17)24(26)27/h6-13,20H,3-5,14-15H2,1-2H3. The minimum absolute atomic E-state index is 0.0136. The molecule has 3 rings (SSSR count). The summed E-state index contributed by atoms with van der Waals surface area (Å²) in [6.45, 7) is 3.78. The van der Waals surface area contributed by atoms with Gasteiger partial charge >= 0.3 is 0 Å². The predicted molar refractivity (Wildman–Crippen MR) is 108 cm³/mol. The molecular weight excluding hydrogens is 358 g/mol. The Morgan fingerprint density at radius 1 is 1.21 bits per heavy atom. The summed E-state index contributed by atoms with van der Waals surface area (Å²) in [6, 6.07) is 14.3. The second kappa shape index (κ2) is 8.84. The number of ether oxygens (including phenoxy) is 1. The molecule has 1 amide bonds. The summed E-state index contributed by atoms with van der Waals surface area (Å²) in [5.74, 6) is 0.816. The number of hydrogen-bond donors (Lipinski definition) is 0. The van der Waals surface area contributed by atoms with Crippen molar-refractivity contribution in [1.82, 2.24) is 4.90 Å². The number of hydrogen-bond acceptors (Lipinski definition) is 5. The zero-order valence-electron chi connectivity index (χ0n) is 16.2. The van der Waals surface area contributed by atoms with Crippen LogP contribution in [-0.2, 0) is 4.79 Å². The number of nitro benzene ring substituents is 1.